The number of rotatable bonds is 5. The summed E-state index contributed by atoms with van der Waals surface area (Å²) in [6, 6.07) is 5.31. The van der Waals surface area contributed by atoms with E-state index in [9.17, 15) is 10.0 Å². The van der Waals surface area contributed by atoms with Crippen molar-refractivity contribution in [1.82, 2.24) is 0 Å². The van der Waals surface area contributed by atoms with Crippen LogP contribution in [0.2, 0.25) is 0 Å². The second kappa shape index (κ2) is 6.66. The van der Waals surface area contributed by atoms with E-state index in [4.69, 9.17) is 9.47 Å². The Morgan fingerprint density at radius 1 is 1.47 bits per heavy atom. The molecule has 2 unspecified atom stereocenters. The predicted molar refractivity (Wildman–Crippen MR) is 77.9 cm³/mol. The van der Waals surface area contributed by atoms with Gasteiger partial charge in [-0.1, -0.05) is 6.07 Å². The molecule has 1 aliphatic heterocycles. The Hall–Kier alpha value is -0.685. The summed E-state index contributed by atoms with van der Waals surface area (Å²) in [4.78, 5) is 0. The number of ether oxygens (including phenoxy) is 2. The van der Waals surface area contributed by atoms with Crippen molar-refractivity contribution in [3.63, 3.8) is 0 Å². The Morgan fingerprint density at radius 3 is 2.84 bits per heavy atom. The molecule has 6 heteroatoms. The van der Waals surface area contributed by atoms with E-state index in [1.54, 1.807) is 31.0 Å². The highest BCUT2D eigenvalue weighted by Crippen LogP contribution is 2.29. The highest BCUT2D eigenvalue weighted by molar-refractivity contribution is 7.99. The molecule has 0 aliphatic carbocycles. The van der Waals surface area contributed by atoms with Crippen molar-refractivity contribution in [2.75, 3.05) is 13.7 Å². The monoisotopic (exact) mass is 282 g/mol. The number of hydrogen-bond acceptors (Lipinski definition) is 5. The Labute approximate surface area is 118 Å². The van der Waals surface area contributed by atoms with Gasteiger partial charge in [0.1, 0.15) is 5.75 Å². The first kappa shape index (κ1) is 14.7. The van der Waals surface area contributed by atoms with Crippen molar-refractivity contribution < 1.29 is 19.5 Å². The molecule has 0 aromatic heterocycles. The van der Waals surface area contributed by atoms with Gasteiger partial charge in [0.2, 0.25) is 0 Å². The van der Waals surface area contributed by atoms with Crippen LogP contribution in [0.4, 0.5) is 0 Å². The molecule has 1 saturated heterocycles. The SMILES string of the molecule is COc1ccc(B(O)O)c(CSC2CCOC2C)c1. The summed E-state index contributed by atoms with van der Waals surface area (Å²) in [6.45, 7) is 2.89. The summed E-state index contributed by atoms with van der Waals surface area (Å²) in [5.41, 5.74) is 1.44. The standard InChI is InChI=1S/C13H19BO4S/c1-9-13(5-6-18-9)19-8-10-7-11(17-2)3-4-12(10)14(15)16/h3-4,7,9,13,15-16H,5-6,8H2,1-2H3. The summed E-state index contributed by atoms with van der Waals surface area (Å²) in [6.07, 6.45) is 1.31. The maximum Gasteiger partial charge on any atom is 0.488 e. The summed E-state index contributed by atoms with van der Waals surface area (Å²) >= 11 is 1.79. The maximum atomic E-state index is 9.39. The lowest BCUT2D eigenvalue weighted by molar-refractivity contribution is 0.127. The zero-order valence-electron chi connectivity index (χ0n) is 11.2. The van der Waals surface area contributed by atoms with Crippen LogP contribution in [0.1, 0.15) is 18.9 Å². The van der Waals surface area contributed by atoms with Crippen LogP contribution in [0.5, 0.6) is 5.75 Å². The molecule has 1 fully saturated rings. The fourth-order valence-electron chi connectivity index (χ4n) is 2.21. The van der Waals surface area contributed by atoms with E-state index in [-0.39, 0.29) is 6.10 Å². The molecule has 19 heavy (non-hydrogen) atoms. The van der Waals surface area contributed by atoms with Gasteiger partial charge in [-0.25, -0.2) is 0 Å². The van der Waals surface area contributed by atoms with Gasteiger partial charge in [0.05, 0.1) is 13.2 Å². The van der Waals surface area contributed by atoms with Crippen LogP contribution < -0.4 is 10.2 Å². The van der Waals surface area contributed by atoms with Crippen LogP contribution in [0.3, 0.4) is 0 Å². The zero-order valence-corrected chi connectivity index (χ0v) is 12.0. The topological polar surface area (TPSA) is 58.9 Å². The van der Waals surface area contributed by atoms with Crippen molar-refractivity contribution >= 4 is 24.3 Å². The van der Waals surface area contributed by atoms with Gasteiger partial charge in [0, 0.05) is 17.6 Å². The number of hydrogen-bond donors (Lipinski definition) is 2. The number of methoxy groups -OCH3 is 1. The fraction of sp³-hybridized carbons (Fsp3) is 0.538. The van der Waals surface area contributed by atoms with E-state index in [0.717, 1.165) is 30.1 Å². The van der Waals surface area contributed by atoms with Crippen molar-refractivity contribution in [1.29, 1.82) is 0 Å². The second-order valence-corrected chi connectivity index (χ2v) is 5.88. The van der Waals surface area contributed by atoms with Crippen LogP contribution in [-0.4, -0.2) is 42.2 Å². The molecule has 0 spiro atoms. The molecule has 1 heterocycles. The molecule has 2 rings (SSSR count). The van der Waals surface area contributed by atoms with Gasteiger partial charge in [-0.15, -0.1) is 0 Å². The van der Waals surface area contributed by atoms with Crippen LogP contribution in [-0.2, 0) is 10.5 Å². The minimum atomic E-state index is -1.45. The Balaban J connectivity index is 2.08. The van der Waals surface area contributed by atoms with Gasteiger partial charge in [0.15, 0.2) is 0 Å². The highest BCUT2D eigenvalue weighted by atomic mass is 32.2. The van der Waals surface area contributed by atoms with E-state index >= 15 is 0 Å². The smallest absolute Gasteiger partial charge is 0.488 e. The molecular weight excluding hydrogens is 263 g/mol. The molecule has 0 radical (unpaired) electrons. The van der Waals surface area contributed by atoms with E-state index in [0.29, 0.717) is 10.7 Å². The lowest BCUT2D eigenvalue weighted by atomic mass is 9.77. The lowest BCUT2D eigenvalue weighted by Gasteiger charge is -2.16. The van der Waals surface area contributed by atoms with Gasteiger partial charge < -0.3 is 19.5 Å². The van der Waals surface area contributed by atoms with E-state index < -0.39 is 7.12 Å². The molecule has 0 saturated carbocycles. The summed E-state index contributed by atoms with van der Waals surface area (Å²) in [5.74, 6) is 1.46. The molecule has 2 N–H and O–H groups in total. The van der Waals surface area contributed by atoms with Gasteiger partial charge >= 0.3 is 7.12 Å². The molecule has 1 aromatic carbocycles. The summed E-state index contributed by atoms with van der Waals surface area (Å²) in [5, 5.41) is 19.3. The normalized spacial score (nSPS) is 22.5. The molecular formula is C13H19BO4S. The van der Waals surface area contributed by atoms with Gasteiger partial charge in [-0.3, -0.25) is 0 Å². The first-order chi connectivity index (χ1) is 9.11. The average molecular weight is 282 g/mol. The Kier molecular flexibility index (Phi) is 5.16. The summed E-state index contributed by atoms with van der Waals surface area (Å²) < 4.78 is 10.7. The van der Waals surface area contributed by atoms with Crippen molar-refractivity contribution in [3.8, 4) is 5.75 Å². The number of thioether (sulfide) groups is 1. The Morgan fingerprint density at radius 2 is 2.26 bits per heavy atom. The van der Waals surface area contributed by atoms with Crippen LogP contribution in [0.15, 0.2) is 18.2 Å². The Bertz CT molecular complexity index is 427. The quantitative estimate of drug-likeness (QED) is 0.782. The molecule has 0 bridgehead atoms. The summed E-state index contributed by atoms with van der Waals surface area (Å²) in [7, 11) is 0.160. The average Bonchev–Trinajstić information content (AvgIpc) is 2.81. The first-order valence-corrected chi connectivity index (χ1v) is 7.43. The van der Waals surface area contributed by atoms with Crippen molar-refractivity contribution in [2.45, 2.75) is 30.5 Å². The molecule has 4 nitrogen and oxygen atoms in total. The predicted octanol–water partition coefficient (Wildman–Crippen LogP) is 0.786. The highest BCUT2D eigenvalue weighted by Gasteiger charge is 2.25. The minimum Gasteiger partial charge on any atom is -0.497 e. The van der Waals surface area contributed by atoms with Crippen LogP contribution in [0.25, 0.3) is 0 Å². The van der Waals surface area contributed by atoms with Crippen molar-refractivity contribution in [2.24, 2.45) is 0 Å². The van der Waals surface area contributed by atoms with Crippen molar-refractivity contribution in [3.05, 3.63) is 23.8 Å². The van der Waals surface area contributed by atoms with Crippen LogP contribution >= 0.6 is 11.8 Å². The zero-order chi connectivity index (χ0) is 13.8. The van der Waals surface area contributed by atoms with E-state index in [2.05, 4.69) is 6.92 Å². The molecule has 1 aliphatic rings. The molecule has 2 atom stereocenters. The van der Waals surface area contributed by atoms with E-state index in [1.807, 2.05) is 6.07 Å². The largest absolute Gasteiger partial charge is 0.497 e. The van der Waals surface area contributed by atoms with Gasteiger partial charge in [-0.2, -0.15) is 11.8 Å². The molecule has 0 amide bonds. The third-order valence-corrected chi connectivity index (χ3v) is 4.91. The first-order valence-electron chi connectivity index (χ1n) is 6.38. The second-order valence-electron chi connectivity index (χ2n) is 4.65. The van der Waals surface area contributed by atoms with Gasteiger partial charge in [-0.05, 0) is 36.5 Å². The number of benzene rings is 1. The minimum absolute atomic E-state index is 0.262. The third kappa shape index (κ3) is 3.66. The molecule has 1 aromatic rings. The third-order valence-electron chi connectivity index (χ3n) is 3.39. The fourth-order valence-corrected chi connectivity index (χ4v) is 3.47. The van der Waals surface area contributed by atoms with E-state index in [1.165, 1.54) is 0 Å². The lowest BCUT2D eigenvalue weighted by Crippen LogP contribution is -2.33. The van der Waals surface area contributed by atoms with Gasteiger partial charge in [0.25, 0.3) is 0 Å². The molecule has 104 valence electrons. The van der Waals surface area contributed by atoms with Crippen LogP contribution in [0, 0.1) is 0 Å². The maximum absolute atomic E-state index is 9.39.